The molecule has 0 unspecified atom stereocenters. The van der Waals surface area contributed by atoms with Crippen LogP contribution in [0.4, 0.5) is 0 Å². The van der Waals surface area contributed by atoms with Gasteiger partial charge >= 0.3 is 5.97 Å². The van der Waals surface area contributed by atoms with Gasteiger partial charge in [0.2, 0.25) is 0 Å². The highest BCUT2D eigenvalue weighted by Gasteiger charge is 2.20. The van der Waals surface area contributed by atoms with Gasteiger partial charge in [0.15, 0.2) is 0 Å². The number of aromatic nitrogens is 1. The maximum atomic E-state index is 13.1. The molecule has 132 valence electrons. The van der Waals surface area contributed by atoms with Crippen molar-refractivity contribution < 1.29 is 9.53 Å². The largest absolute Gasteiger partial charge is 0.423 e. The summed E-state index contributed by atoms with van der Waals surface area (Å²) in [6.07, 6.45) is 0. The number of fused-ring (bicyclic) bond motifs is 1. The van der Waals surface area contributed by atoms with Crippen molar-refractivity contribution in [1.29, 1.82) is 0 Å². The minimum atomic E-state index is -0.367. The molecule has 0 amide bonds. The molecule has 0 bridgehead atoms. The average molecular weight is 353 g/mol. The summed E-state index contributed by atoms with van der Waals surface area (Å²) in [6, 6.07) is 25.1. The molecule has 27 heavy (non-hydrogen) atoms. The molecule has 3 nitrogen and oxygen atoms in total. The molecule has 0 aliphatic rings. The standard InChI is InChI=1S/C24H19NO2/c1-16-9-8-12-19(15-16)27-24(26)22-17(2)23(18-10-4-3-5-11-18)25-21-14-7-6-13-20(21)22/h3-15H,1-2H3. The third-order valence-corrected chi connectivity index (χ3v) is 4.59. The molecule has 1 heterocycles. The van der Waals surface area contributed by atoms with E-state index in [9.17, 15) is 4.79 Å². The van der Waals surface area contributed by atoms with Gasteiger partial charge in [0.05, 0.1) is 16.8 Å². The number of para-hydroxylation sites is 1. The number of ether oxygens (including phenoxy) is 1. The Labute approximate surface area is 158 Å². The third kappa shape index (κ3) is 3.32. The van der Waals surface area contributed by atoms with Crippen molar-refractivity contribution in [2.24, 2.45) is 0 Å². The van der Waals surface area contributed by atoms with Gasteiger partial charge in [0.1, 0.15) is 5.75 Å². The number of esters is 1. The monoisotopic (exact) mass is 353 g/mol. The Morgan fingerprint density at radius 3 is 2.37 bits per heavy atom. The summed E-state index contributed by atoms with van der Waals surface area (Å²) in [4.78, 5) is 17.9. The van der Waals surface area contributed by atoms with Crippen molar-refractivity contribution in [2.45, 2.75) is 13.8 Å². The van der Waals surface area contributed by atoms with Crippen molar-refractivity contribution in [2.75, 3.05) is 0 Å². The molecule has 0 aliphatic heterocycles. The van der Waals surface area contributed by atoms with Crippen molar-refractivity contribution >= 4 is 16.9 Å². The summed E-state index contributed by atoms with van der Waals surface area (Å²) in [5, 5.41) is 0.798. The zero-order chi connectivity index (χ0) is 18.8. The first-order chi connectivity index (χ1) is 13.1. The van der Waals surface area contributed by atoms with Crippen molar-refractivity contribution in [3.63, 3.8) is 0 Å². The number of rotatable bonds is 3. The molecule has 4 aromatic rings. The summed E-state index contributed by atoms with van der Waals surface area (Å²) in [5.74, 6) is 0.176. The summed E-state index contributed by atoms with van der Waals surface area (Å²) >= 11 is 0. The van der Waals surface area contributed by atoms with E-state index in [0.717, 1.165) is 33.3 Å². The van der Waals surface area contributed by atoms with Crippen molar-refractivity contribution in [3.05, 3.63) is 95.6 Å². The van der Waals surface area contributed by atoms with Gasteiger partial charge in [-0.25, -0.2) is 9.78 Å². The van der Waals surface area contributed by atoms with Gasteiger partial charge in [-0.15, -0.1) is 0 Å². The number of pyridine rings is 1. The molecule has 1 aromatic heterocycles. The fourth-order valence-electron chi connectivity index (χ4n) is 3.28. The van der Waals surface area contributed by atoms with Crippen LogP contribution < -0.4 is 4.74 Å². The minimum Gasteiger partial charge on any atom is -0.423 e. The van der Waals surface area contributed by atoms with Crippen LogP contribution in [0.25, 0.3) is 22.2 Å². The van der Waals surface area contributed by atoms with Crippen LogP contribution in [0, 0.1) is 13.8 Å². The number of hydrogen-bond donors (Lipinski definition) is 0. The highest BCUT2D eigenvalue weighted by atomic mass is 16.5. The Kier molecular flexibility index (Phi) is 4.43. The maximum absolute atomic E-state index is 13.1. The van der Waals surface area contributed by atoms with Gasteiger partial charge < -0.3 is 4.74 Å². The van der Waals surface area contributed by atoms with Gasteiger partial charge in [-0.3, -0.25) is 0 Å². The van der Waals surface area contributed by atoms with Crippen LogP contribution in [-0.4, -0.2) is 11.0 Å². The summed E-state index contributed by atoms with van der Waals surface area (Å²) in [6.45, 7) is 3.90. The molecule has 0 aliphatic carbocycles. The van der Waals surface area contributed by atoms with Gasteiger partial charge in [-0.05, 0) is 43.2 Å². The normalized spacial score (nSPS) is 10.7. The molecule has 0 saturated carbocycles. The maximum Gasteiger partial charge on any atom is 0.344 e. The smallest absolute Gasteiger partial charge is 0.344 e. The molecular weight excluding hydrogens is 334 g/mol. The van der Waals surface area contributed by atoms with E-state index >= 15 is 0 Å². The number of benzene rings is 3. The number of aryl methyl sites for hydroxylation is 1. The van der Waals surface area contributed by atoms with E-state index in [0.29, 0.717) is 11.3 Å². The van der Waals surface area contributed by atoms with Crippen LogP contribution in [-0.2, 0) is 0 Å². The zero-order valence-electron chi connectivity index (χ0n) is 15.3. The average Bonchev–Trinajstić information content (AvgIpc) is 2.68. The van der Waals surface area contributed by atoms with Crippen LogP contribution in [0.3, 0.4) is 0 Å². The van der Waals surface area contributed by atoms with Crippen molar-refractivity contribution in [1.82, 2.24) is 4.98 Å². The number of nitrogens with zero attached hydrogens (tertiary/aromatic N) is 1. The van der Waals surface area contributed by atoms with E-state index in [4.69, 9.17) is 9.72 Å². The molecule has 0 N–H and O–H groups in total. The Bertz CT molecular complexity index is 1130. The predicted molar refractivity (Wildman–Crippen MR) is 108 cm³/mol. The van der Waals surface area contributed by atoms with Gasteiger partial charge in [-0.1, -0.05) is 60.7 Å². The van der Waals surface area contributed by atoms with Crippen LogP contribution in [0.5, 0.6) is 5.75 Å². The lowest BCUT2D eigenvalue weighted by Gasteiger charge is -2.14. The second kappa shape index (κ2) is 7.04. The zero-order valence-corrected chi connectivity index (χ0v) is 15.3. The fraction of sp³-hybridized carbons (Fsp3) is 0.0833. The van der Waals surface area contributed by atoms with Crippen LogP contribution >= 0.6 is 0 Å². The van der Waals surface area contributed by atoms with Gasteiger partial charge in [0.25, 0.3) is 0 Å². The summed E-state index contributed by atoms with van der Waals surface area (Å²) in [7, 11) is 0. The van der Waals surface area contributed by atoms with Crippen LogP contribution in [0.1, 0.15) is 21.5 Å². The highest BCUT2D eigenvalue weighted by Crippen LogP contribution is 2.30. The Balaban J connectivity index is 1.88. The molecule has 0 fully saturated rings. The number of carbonyl (C=O) groups is 1. The number of carbonyl (C=O) groups excluding carboxylic acids is 1. The van der Waals surface area contributed by atoms with Gasteiger partial charge in [0, 0.05) is 10.9 Å². The molecule has 4 rings (SSSR count). The molecule has 0 saturated heterocycles. The molecule has 0 atom stereocenters. The topological polar surface area (TPSA) is 39.2 Å². The van der Waals surface area contributed by atoms with Crippen LogP contribution in [0.15, 0.2) is 78.9 Å². The Morgan fingerprint density at radius 2 is 1.59 bits per heavy atom. The first kappa shape index (κ1) is 17.0. The lowest BCUT2D eigenvalue weighted by molar-refractivity contribution is 0.0736. The molecular formula is C24H19NO2. The molecule has 3 heteroatoms. The Morgan fingerprint density at radius 1 is 0.852 bits per heavy atom. The van der Waals surface area contributed by atoms with E-state index in [1.807, 2.05) is 86.6 Å². The van der Waals surface area contributed by atoms with E-state index in [1.165, 1.54) is 0 Å². The lowest BCUT2D eigenvalue weighted by atomic mass is 9.98. The Hall–Kier alpha value is -3.46. The SMILES string of the molecule is Cc1cccc(OC(=O)c2c(C)c(-c3ccccc3)nc3ccccc23)c1. The van der Waals surface area contributed by atoms with E-state index in [1.54, 1.807) is 6.07 Å². The van der Waals surface area contributed by atoms with Crippen LogP contribution in [0.2, 0.25) is 0 Å². The molecule has 3 aromatic carbocycles. The van der Waals surface area contributed by atoms with Gasteiger partial charge in [-0.2, -0.15) is 0 Å². The second-order valence-electron chi connectivity index (χ2n) is 6.55. The number of hydrogen-bond acceptors (Lipinski definition) is 3. The molecule has 0 radical (unpaired) electrons. The second-order valence-corrected chi connectivity index (χ2v) is 6.55. The predicted octanol–water partition coefficient (Wildman–Crippen LogP) is 5.74. The minimum absolute atomic E-state index is 0.367. The highest BCUT2D eigenvalue weighted by molar-refractivity contribution is 6.07. The molecule has 0 spiro atoms. The first-order valence-electron chi connectivity index (χ1n) is 8.87. The van der Waals surface area contributed by atoms with E-state index in [2.05, 4.69) is 0 Å². The fourth-order valence-corrected chi connectivity index (χ4v) is 3.28. The first-order valence-corrected chi connectivity index (χ1v) is 8.87. The van der Waals surface area contributed by atoms with E-state index in [-0.39, 0.29) is 5.97 Å². The van der Waals surface area contributed by atoms with Crippen molar-refractivity contribution in [3.8, 4) is 17.0 Å². The summed E-state index contributed by atoms with van der Waals surface area (Å²) in [5.41, 5.74) is 4.97. The van der Waals surface area contributed by atoms with E-state index < -0.39 is 0 Å². The summed E-state index contributed by atoms with van der Waals surface area (Å²) < 4.78 is 5.69. The lowest BCUT2D eigenvalue weighted by Crippen LogP contribution is -2.12. The quantitative estimate of drug-likeness (QED) is 0.348. The third-order valence-electron chi connectivity index (χ3n) is 4.59.